The van der Waals surface area contributed by atoms with E-state index in [1.807, 2.05) is 6.07 Å². The van der Waals surface area contributed by atoms with Gasteiger partial charge in [0.05, 0.1) is 17.7 Å². The van der Waals surface area contributed by atoms with Crippen LogP contribution >= 0.6 is 27.5 Å². The molecular weight excluding hydrogens is 346 g/mol. The summed E-state index contributed by atoms with van der Waals surface area (Å²) in [7, 11) is 0. The van der Waals surface area contributed by atoms with E-state index in [2.05, 4.69) is 15.9 Å². The summed E-state index contributed by atoms with van der Waals surface area (Å²) in [5, 5.41) is 9.77. The lowest BCUT2D eigenvalue weighted by Crippen LogP contribution is -2.47. The molecule has 0 aliphatic carbocycles. The SMILES string of the molecule is O=C(COc1ccc(Br)cc1Cl)N1CCCCC1CO. The van der Waals surface area contributed by atoms with Gasteiger partial charge in [-0.3, -0.25) is 4.79 Å². The Morgan fingerprint density at radius 3 is 3.00 bits per heavy atom. The van der Waals surface area contributed by atoms with Gasteiger partial charge in [0.2, 0.25) is 0 Å². The number of nitrogens with zero attached hydrogens (tertiary/aromatic N) is 1. The van der Waals surface area contributed by atoms with Crippen molar-refractivity contribution in [3.63, 3.8) is 0 Å². The lowest BCUT2D eigenvalue weighted by atomic mass is 10.0. The van der Waals surface area contributed by atoms with E-state index in [0.717, 1.165) is 23.7 Å². The predicted molar refractivity (Wildman–Crippen MR) is 81.1 cm³/mol. The Balaban J connectivity index is 1.94. The van der Waals surface area contributed by atoms with Crippen LogP contribution in [0.15, 0.2) is 22.7 Å². The Labute approximate surface area is 131 Å². The molecule has 1 aromatic rings. The van der Waals surface area contributed by atoms with Crippen molar-refractivity contribution in [3.05, 3.63) is 27.7 Å². The van der Waals surface area contributed by atoms with Crippen molar-refractivity contribution in [1.82, 2.24) is 4.90 Å². The normalized spacial score (nSPS) is 18.9. The van der Waals surface area contributed by atoms with Crippen LogP contribution in [0.2, 0.25) is 5.02 Å². The fraction of sp³-hybridized carbons (Fsp3) is 0.500. The van der Waals surface area contributed by atoms with Crippen LogP contribution in [0.1, 0.15) is 19.3 Å². The fourth-order valence-electron chi connectivity index (χ4n) is 2.33. The van der Waals surface area contributed by atoms with Gasteiger partial charge in [-0.25, -0.2) is 0 Å². The van der Waals surface area contributed by atoms with E-state index >= 15 is 0 Å². The van der Waals surface area contributed by atoms with Crippen molar-refractivity contribution < 1.29 is 14.6 Å². The number of piperidine rings is 1. The minimum atomic E-state index is -0.109. The second kappa shape index (κ2) is 7.29. The quantitative estimate of drug-likeness (QED) is 0.896. The second-order valence-electron chi connectivity index (χ2n) is 4.78. The monoisotopic (exact) mass is 361 g/mol. The third-order valence-corrected chi connectivity index (χ3v) is 4.19. The van der Waals surface area contributed by atoms with Crippen molar-refractivity contribution in [2.24, 2.45) is 0 Å². The van der Waals surface area contributed by atoms with Gasteiger partial charge in [-0.2, -0.15) is 0 Å². The number of ether oxygens (including phenoxy) is 1. The number of carbonyl (C=O) groups excluding carboxylic acids is 1. The van der Waals surface area contributed by atoms with Crippen LogP contribution in [0.25, 0.3) is 0 Å². The lowest BCUT2D eigenvalue weighted by molar-refractivity contribution is -0.138. The number of aliphatic hydroxyl groups excluding tert-OH is 1. The Bertz CT molecular complexity index is 483. The highest BCUT2D eigenvalue weighted by Gasteiger charge is 2.26. The van der Waals surface area contributed by atoms with Crippen LogP contribution in [-0.2, 0) is 4.79 Å². The van der Waals surface area contributed by atoms with E-state index in [1.54, 1.807) is 17.0 Å². The summed E-state index contributed by atoms with van der Waals surface area (Å²) in [6.07, 6.45) is 2.87. The molecular formula is C14H17BrClNO3. The van der Waals surface area contributed by atoms with Gasteiger partial charge in [-0.1, -0.05) is 27.5 Å². The Kier molecular flexibility index (Phi) is 5.69. The maximum Gasteiger partial charge on any atom is 0.260 e. The van der Waals surface area contributed by atoms with Crippen LogP contribution in [0, 0.1) is 0 Å². The summed E-state index contributed by atoms with van der Waals surface area (Å²) in [6.45, 7) is 0.629. The third kappa shape index (κ3) is 3.87. The molecule has 0 saturated carbocycles. The summed E-state index contributed by atoms with van der Waals surface area (Å²) in [5.41, 5.74) is 0. The molecule has 1 atom stereocenters. The molecule has 1 fully saturated rings. The average molecular weight is 363 g/mol. The molecule has 1 amide bonds. The van der Waals surface area contributed by atoms with Gasteiger partial charge >= 0.3 is 0 Å². The molecule has 0 aromatic heterocycles. The van der Waals surface area contributed by atoms with Crippen molar-refractivity contribution in [1.29, 1.82) is 0 Å². The minimum Gasteiger partial charge on any atom is -0.482 e. The van der Waals surface area contributed by atoms with Crippen LogP contribution in [0.5, 0.6) is 5.75 Å². The van der Waals surface area contributed by atoms with Crippen LogP contribution in [0.4, 0.5) is 0 Å². The van der Waals surface area contributed by atoms with Gasteiger partial charge in [-0.05, 0) is 37.5 Å². The number of benzene rings is 1. The number of likely N-dealkylation sites (tertiary alicyclic amines) is 1. The first kappa shape index (κ1) is 15.6. The molecule has 4 nitrogen and oxygen atoms in total. The van der Waals surface area contributed by atoms with E-state index in [-0.39, 0.29) is 25.2 Å². The molecule has 1 N–H and O–H groups in total. The molecule has 20 heavy (non-hydrogen) atoms. The van der Waals surface area contributed by atoms with E-state index in [4.69, 9.17) is 16.3 Å². The van der Waals surface area contributed by atoms with Gasteiger partial charge in [0, 0.05) is 11.0 Å². The molecule has 1 unspecified atom stereocenters. The second-order valence-corrected chi connectivity index (χ2v) is 6.11. The lowest BCUT2D eigenvalue weighted by Gasteiger charge is -2.34. The van der Waals surface area contributed by atoms with Gasteiger partial charge in [0.15, 0.2) is 6.61 Å². The number of rotatable bonds is 4. The zero-order valence-electron chi connectivity index (χ0n) is 11.0. The molecule has 1 saturated heterocycles. The fourth-order valence-corrected chi connectivity index (χ4v) is 3.06. The number of hydrogen-bond donors (Lipinski definition) is 1. The molecule has 0 spiro atoms. The van der Waals surface area contributed by atoms with E-state index in [0.29, 0.717) is 17.3 Å². The topological polar surface area (TPSA) is 49.8 Å². The van der Waals surface area contributed by atoms with Gasteiger partial charge < -0.3 is 14.7 Å². The number of aliphatic hydroxyl groups is 1. The van der Waals surface area contributed by atoms with Crippen molar-refractivity contribution >= 4 is 33.4 Å². The Morgan fingerprint density at radius 2 is 2.30 bits per heavy atom. The highest BCUT2D eigenvalue weighted by molar-refractivity contribution is 9.10. The molecule has 1 aromatic carbocycles. The molecule has 1 aliphatic heterocycles. The molecule has 2 rings (SSSR count). The number of carbonyl (C=O) groups is 1. The first-order chi connectivity index (χ1) is 9.61. The molecule has 0 radical (unpaired) electrons. The van der Waals surface area contributed by atoms with E-state index < -0.39 is 0 Å². The molecule has 0 bridgehead atoms. The maximum atomic E-state index is 12.2. The number of hydrogen-bond acceptors (Lipinski definition) is 3. The van der Waals surface area contributed by atoms with Crippen molar-refractivity contribution in [2.45, 2.75) is 25.3 Å². The maximum absolute atomic E-state index is 12.2. The summed E-state index contributed by atoms with van der Waals surface area (Å²) < 4.78 is 6.33. The molecule has 110 valence electrons. The number of halogens is 2. The largest absolute Gasteiger partial charge is 0.482 e. The summed E-state index contributed by atoms with van der Waals surface area (Å²) in [6, 6.07) is 5.17. The van der Waals surface area contributed by atoms with Gasteiger partial charge in [0.1, 0.15) is 5.75 Å². The molecule has 1 aliphatic rings. The smallest absolute Gasteiger partial charge is 0.260 e. The highest BCUT2D eigenvalue weighted by atomic mass is 79.9. The average Bonchev–Trinajstić information content (AvgIpc) is 2.46. The Morgan fingerprint density at radius 1 is 1.50 bits per heavy atom. The molecule has 1 heterocycles. The highest BCUT2D eigenvalue weighted by Crippen LogP contribution is 2.28. The van der Waals surface area contributed by atoms with E-state index in [1.165, 1.54) is 0 Å². The first-order valence-corrected chi connectivity index (χ1v) is 7.77. The van der Waals surface area contributed by atoms with E-state index in [9.17, 15) is 9.90 Å². The summed E-state index contributed by atoms with van der Waals surface area (Å²) in [4.78, 5) is 13.9. The third-order valence-electron chi connectivity index (χ3n) is 3.40. The zero-order valence-corrected chi connectivity index (χ0v) is 13.4. The van der Waals surface area contributed by atoms with Crippen LogP contribution < -0.4 is 4.74 Å². The summed E-state index contributed by atoms with van der Waals surface area (Å²) >= 11 is 9.35. The van der Waals surface area contributed by atoms with Crippen molar-refractivity contribution in [3.8, 4) is 5.75 Å². The standard InChI is InChI=1S/C14H17BrClNO3/c15-10-4-5-13(12(16)7-10)20-9-14(19)17-6-2-1-3-11(17)8-18/h4-5,7,11,18H,1-3,6,8-9H2. The van der Waals surface area contributed by atoms with Crippen molar-refractivity contribution in [2.75, 3.05) is 19.8 Å². The van der Waals surface area contributed by atoms with Gasteiger partial charge in [-0.15, -0.1) is 0 Å². The zero-order chi connectivity index (χ0) is 14.5. The summed E-state index contributed by atoms with van der Waals surface area (Å²) in [5.74, 6) is 0.378. The van der Waals surface area contributed by atoms with Crippen LogP contribution in [0.3, 0.4) is 0 Å². The molecule has 6 heteroatoms. The van der Waals surface area contributed by atoms with Crippen LogP contribution in [-0.4, -0.2) is 41.7 Å². The Hall–Kier alpha value is -0.780. The minimum absolute atomic E-state index is 0.00474. The van der Waals surface area contributed by atoms with Gasteiger partial charge in [0.25, 0.3) is 5.91 Å². The predicted octanol–water partition coefficient (Wildman–Crippen LogP) is 2.85. The first-order valence-electron chi connectivity index (χ1n) is 6.60. The number of amides is 1.